The molecule has 0 aliphatic carbocycles. The van der Waals surface area contributed by atoms with E-state index in [-0.39, 0.29) is 5.56 Å². The van der Waals surface area contributed by atoms with Crippen LogP contribution in [0.3, 0.4) is 0 Å². The maximum absolute atomic E-state index is 12.0. The molecule has 1 N–H and O–H groups in total. The minimum absolute atomic E-state index is 0.0845. The molecule has 0 amide bonds. The van der Waals surface area contributed by atoms with Crippen LogP contribution in [0.5, 0.6) is 0 Å². The van der Waals surface area contributed by atoms with Crippen LogP contribution in [0.25, 0.3) is 10.1 Å². The van der Waals surface area contributed by atoms with Crippen LogP contribution in [0.1, 0.15) is 12.5 Å². The zero-order valence-electron chi connectivity index (χ0n) is 11.2. The predicted molar refractivity (Wildman–Crippen MR) is 83.6 cm³/mol. The lowest BCUT2D eigenvalue weighted by molar-refractivity contribution is 0.643. The Kier molecular flexibility index (Phi) is 3.52. The van der Waals surface area contributed by atoms with Crippen molar-refractivity contribution in [1.29, 1.82) is 0 Å². The first-order valence-corrected chi connectivity index (χ1v) is 7.42. The minimum Gasteiger partial charge on any atom is -0.384 e. The maximum Gasteiger partial charge on any atom is 0.269 e. The molecule has 0 atom stereocenters. The van der Waals surface area contributed by atoms with Crippen LogP contribution in [-0.2, 0) is 6.54 Å². The number of nitrogens with zero attached hydrogens (tertiary/aromatic N) is 2. The van der Waals surface area contributed by atoms with Gasteiger partial charge in [-0.05, 0) is 29.3 Å². The number of rotatable bonds is 4. The SMILES string of the molecule is CCNc1cnn(Cc2csc3ccccc23)c(=O)c1. The number of hydrogen-bond acceptors (Lipinski definition) is 4. The molecule has 4 nitrogen and oxygen atoms in total. The van der Waals surface area contributed by atoms with Gasteiger partial charge < -0.3 is 5.32 Å². The minimum atomic E-state index is -0.0845. The van der Waals surface area contributed by atoms with Gasteiger partial charge in [0.2, 0.25) is 0 Å². The molecule has 20 heavy (non-hydrogen) atoms. The lowest BCUT2D eigenvalue weighted by atomic mass is 10.2. The molecule has 0 aliphatic rings. The van der Waals surface area contributed by atoms with E-state index in [0.29, 0.717) is 6.54 Å². The summed E-state index contributed by atoms with van der Waals surface area (Å²) in [6, 6.07) is 9.81. The first kappa shape index (κ1) is 12.9. The molecule has 0 fully saturated rings. The van der Waals surface area contributed by atoms with Crippen molar-refractivity contribution in [3.05, 3.63) is 57.8 Å². The summed E-state index contributed by atoms with van der Waals surface area (Å²) in [6.07, 6.45) is 1.69. The Balaban J connectivity index is 1.93. The number of fused-ring (bicyclic) bond motifs is 1. The quantitative estimate of drug-likeness (QED) is 0.801. The van der Waals surface area contributed by atoms with Gasteiger partial charge in [-0.2, -0.15) is 5.10 Å². The molecule has 0 saturated carbocycles. The summed E-state index contributed by atoms with van der Waals surface area (Å²) in [6.45, 7) is 3.28. The summed E-state index contributed by atoms with van der Waals surface area (Å²) >= 11 is 1.69. The number of hydrogen-bond donors (Lipinski definition) is 1. The van der Waals surface area contributed by atoms with Crippen LogP contribution in [-0.4, -0.2) is 16.3 Å². The number of thiophene rings is 1. The second-order valence-electron chi connectivity index (χ2n) is 4.53. The average molecular weight is 285 g/mol. The molecule has 0 unspecified atom stereocenters. The van der Waals surface area contributed by atoms with Gasteiger partial charge in [-0.15, -0.1) is 11.3 Å². The second-order valence-corrected chi connectivity index (χ2v) is 5.44. The highest BCUT2D eigenvalue weighted by molar-refractivity contribution is 7.17. The van der Waals surface area contributed by atoms with Crippen molar-refractivity contribution in [2.24, 2.45) is 0 Å². The van der Waals surface area contributed by atoms with Crippen LogP contribution in [0.4, 0.5) is 5.69 Å². The van der Waals surface area contributed by atoms with E-state index in [2.05, 4.69) is 27.9 Å². The fourth-order valence-corrected chi connectivity index (χ4v) is 3.12. The molecule has 0 bridgehead atoms. The van der Waals surface area contributed by atoms with Crippen molar-refractivity contribution in [2.75, 3.05) is 11.9 Å². The largest absolute Gasteiger partial charge is 0.384 e. The second kappa shape index (κ2) is 5.46. The summed E-state index contributed by atoms with van der Waals surface area (Å²) in [5, 5.41) is 10.6. The zero-order valence-corrected chi connectivity index (χ0v) is 12.0. The summed E-state index contributed by atoms with van der Waals surface area (Å²) < 4.78 is 2.73. The summed E-state index contributed by atoms with van der Waals surface area (Å²) in [5.41, 5.74) is 1.82. The van der Waals surface area contributed by atoms with Crippen molar-refractivity contribution in [1.82, 2.24) is 9.78 Å². The third-order valence-electron chi connectivity index (χ3n) is 3.13. The highest BCUT2D eigenvalue weighted by atomic mass is 32.1. The molecule has 0 saturated heterocycles. The van der Waals surface area contributed by atoms with Gasteiger partial charge in [0.1, 0.15) is 0 Å². The van der Waals surface area contributed by atoms with Gasteiger partial charge in [-0.1, -0.05) is 18.2 Å². The summed E-state index contributed by atoms with van der Waals surface area (Å²) in [4.78, 5) is 12.0. The van der Waals surface area contributed by atoms with E-state index in [1.165, 1.54) is 14.8 Å². The van der Waals surface area contributed by atoms with Gasteiger partial charge in [-0.25, -0.2) is 4.68 Å². The van der Waals surface area contributed by atoms with Crippen LogP contribution >= 0.6 is 11.3 Å². The Morgan fingerprint density at radius 1 is 1.35 bits per heavy atom. The van der Waals surface area contributed by atoms with E-state index >= 15 is 0 Å². The summed E-state index contributed by atoms with van der Waals surface area (Å²) in [5.74, 6) is 0. The molecule has 3 aromatic rings. The summed E-state index contributed by atoms with van der Waals surface area (Å²) in [7, 11) is 0. The molecule has 0 spiro atoms. The monoisotopic (exact) mass is 285 g/mol. The molecule has 3 rings (SSSR count). The van der Waals surface area contributed by atoms with Crippen LogP contribution < -0.4 is 10.9 Å². The Morgan fingerprint density at radius 3 is 3.00 bits per heavy atom. The molecular formula is C15H15N3OS. The van der Waals surface area contributed by atoms with Gasteiger partial charge in [-0.3, -0.25) is 4.79 Å². The highest BCUT2D eigenvalue weighted by Crippen LogP contribution is 2.25. The van der Waals surface area contributed by atoms with Gasteiger partial charge in [0, 0.05) is 17.3 Å². The smallest absolute Gasteiger partial charge is 0.269 e. The van der Waals surface area contributed by atoms with Crippen molar-refractivity contribution >= 4 is 27.1 Å². The van der Waals surface area contributed by atoms with E-state index in [0.717, 1.165) is 17.8 Å². The molecule has 0 aliphatic heterocycles. The zero-order chi connectivity index (χ0) is 13.9. The Morgan fingerprint density at radius 2 is 2.20 bits per heavy atom. The van der Waals surface area contributed by atoms with Gasteiger partial charge in [0.05, 0.1) is 18.4 Å². The third-order valence-corrected chi connectivity index (χ3v) is 4.14. The van der Waals surface area contributed by atoms with Crippen molar-refractivity contribution in [2.45, 2.75) is 13.5 Å². The Labute approximate surface area is 120 Å². The van der Waals surface area contributed by atoms with E-state index < -0.39 is 0 Å². The number of aromatic nitrogens is 2. The molecule has 5 heteroatoms. The fraction of sp³-hybridized carbons (Fsp3) is 0.200. The van der Waals surface area contributed by atoms with Gasteiger partial charge >= 0.3 is 0 Å². The molecule has 0 radical (unpaired) electrons. The molecule has 102 valence electrons. The van der Waals surface area contributed by atoms with Gasteiger partial charge in [0.25, 0.3) is 5.56 Å². The Hall–Kier alpha value is -2.14. The standard InChI is InChI=1S/C15H15N3OS/c1-2-16-12-7-15(19)18(17-8-12)9-11-10-20-14-6-4-3-5-13(11)14/h3-8,10,16H,2,9H2,1H3. The normalized spacial score (nSPS) is 10.8. The first-order chi connectivity index (χ1) is 9.78. The van der Waals surface area contributed by atoms with Crippen molar-refractivity contribution in [3.63, 3.8) is 0 Å². The highest BCUT2D eigenvalue weighted by Gasteiger charge is 2.06. The molecular weight excluding hydrogens is 270 g/mol. The van der Waals surface area contributed by atoms with Crippen molar-refractivity contribution < 1.29 is 0 Å². The average Bonchev–Trinajstić information content (AvgIpc) is 2.86. The fourth-order valence-electron chi connectivity index (χ4n) is 2.17. The lowest BCUT2D eigenvalue weighted by Crippen LogP contribution is -2.23. The lowest BCUT2D eigenvalue weighted by Gasteiger charge is -2.06. The topological polar surface area (TPSA) is 46.9 Å². The number of nitrogens with one attached hydrogen (secondary N) is 1. The van der Waals surface area contributed by atoms with Crippen LogP contribution in [0.15, 0.2) is 46.7 Å². The van der Waals surface area contributed by atoms with E-state index in [1.54, 1.807) is 23.6 Å². The number of anilines is 1. The van der Waals surface area contributed by atoms with Crippen LogP contribution in [0, 0.1) is 0 Å². The molecule has 2 heterocycles. The van der Waals surface area contributed by atoms with Crippen molar-refractivity contribution in [3.8, 4) is 0 Å². The van der Waals surface area contributed by atoms with E-state index in [1.807, 2.05) is 19.1 Å². The first-order valence-electron chi connectivity index (χ1n) is 6.54. The number of benzene rings is 1. The molecule has 1 aromatic carbocycles. The maximum atomic E-state index is 12.0. The van der Waals surface area contributed by atoms with Crippen LogP contribution in [0.2, 0.25) is 0 Å². The third kappa shape index (κ3) is 2.44. The van der Waals surface area contributed by atoms with E-state index in [4.69, 9.17) is 0 Å². The van der Waals surface area contributed by atoms with Gasteiger partial charge in [0.15, 0.2) is 0 Å². The molecule has 2 aromatic heterocycles. The predicted octanol–water partition coefficient (Wildman–Crippen LogP) is 2.94. The Bertz CT molecular complexity index is 791. The van der Waals surface area contributed by atoms with E-state index in [9.17, 15) is 4.79 Å².